The highest BCUT2D eigenvalue weighted by Crippen LogP contribution is 2.58. The Hall–Kier alpha value is -0.413. The van der Waals surface area contributed by atoms with Gasteiger partial charge in [-0.25, -0.2) is 0 Å². The monoisotopic (exact) mass is 308 g/mol. The molecule has 0 aromatic rings. The van der Waals surface area contributed by atoms with Gasteiger partial charge in [0.15, 0.2) is 8.32 Å². The van der Waals surface area contributed by atoms with Crippen molar-refractivity contribution in [1.29, 1.82) is 0 Å². The summed E-state index contributed by atoms with van der Waals surface area (Å²) in [4.78, 5) is 10.6. The van der Waals surface area contributed by atoms with Gasteiger partial charge in [-0.3, -0.25) is 4.79 Å². The smallest absolute Gasteiger partial charge is 0.184 e. The molecule has 2 fully saturated rings. The van der Waals surface area contributed by atoms with E-state index in [9.17, 15) is 4.79 Å². The molecule has 21 heavy (non-hydrogen) atoms. The number of hydrogen-bond donors (Lipinski definition) is 0. The van der Waals surface area contributed by atoms with E-state index >= 15 is 0 Å². The van der Waals surface area contributed by atoms with Crippen LogP contribution in [0.15, 0.2) is 12.2 Å². The van der Waals surface area contributed by atoms with Crippen LogP contribution in [0.5, 0.6) is 0 Å². The molecule has 0 saturated heterocycles. The zero-order chi connectivity index (χ0) is 15.7. The van der Waals surface area contributed by atoms with Gasteiger partial charge in [0.2, 0.25) is 0 Å². The molecule has 0 spiro atoms. The summed E-state index contributed by atoms with van der Waals surface area (Å²) in [6.45, 7) is 11.7. The molecule has 0 bridgehead atoms. The molecule has 2 saturated carbocycles. The topological polar surface area (TPSA) is 26.3 Å². The molecule has 2 rings (SSSR count). The van der Waals surface area contributed by atoms with Gasteiger partial charge in [-0.1, -0.05) is 26.3 Å². The first-order valence-electron chi connectivity index (χ1n) is 8.58. The molecular weight excluding hydrogens is 276 g/mol. The molecule has 0 aromatic carbocycles. The summed E-state index contributed by atoms with van der Waals surface area (Å²) in [5.41, 5.74) is 0.398. The van der Waals surface area contributed by atoms with E-state index in [2.05, 4.69) is 39.6 Å². The third kappa shape index (κ3) is 3.68. The maximum atomic E-state index is 10.6. The fourth-order valence-corrected chi connectivity index (χ4v) is 6.16. The molecule has 0 heterocycles. The fraction of sp³-hybridized carbons (Fsp3) is 0.833. The van der Waals surface area contributed by atoms with Crippen molar-refractivity contribution in [2.75, 3.05) is 0 Å². The first kappa shape index (κ1) is 16.9. The number of aldehydes is 1. The second kappa shape index (κ2) is 6.37. The van der Waals surface area contributed by atoms with Crippen LogP contribution in [-0.4, -0.2) is 20.7 Å². The summed E-state index contributed by atoms with van der Waals surface area (Å²) in [5, 5.41) is 0. The lowest BCUT2D eigenvalue weighted by atomic mass is 9.62. The molecule has 0 amide bonds. The van der Waals surface area contributed by atoms with Crippen molar-refractivity contribution in [3.63, 3.8) is 0 Å². The van der Waals surface area contributed by atoms with E-state index in [1.54, 1.807) is 6.08 Å². The molecule has 2 aliphatic carbocycles. The highest BCUT2D eigenvalue weighted by Gasteiger charge is 2.52. The van der Waals surface area contributed by atoms with Gasteiger partial charge in [0.25, 0.3) is 0 Å². The number of hydrogen-bond acceptors (Lipinski definition) is 2. The lowest BCUT2D eigenvalue weighted by molar-refractivity contribution is -0.104. The Morgan fingerprint density at radius 1 is 1.24 bits per heavy atom. The van der Waals surface area contributed by atoms with E-state index < -0.39 is 8.32 Å². The Labute approximate surface area is 131 Å². The molecule has 0 aliphatic heterocycles. The van der Waals surface area contributed by atoms with Gasteiger partial charge >= 0.3 is 0 Å². The van der Waals surface area contributed by atoms with Gasteiger partial charge in [-0.05, 0) is 74.6 Å². The van der Waals surface area contributed by atoms with E-state index in [-0.39, 0.29) is 0 Å². The molecule has 2 unspecified atom stereocenters. The van der Waals surface area contributed by atoms with Gasteiger partial charge in [0.05, 0.1) is 0 Å². The Morgan fingerprint density at radius 3 is 2.57 bits per heavy atom. The quantitative estimate of drug-likeness (QED) is 0.414. The average Bonchev–Trinajstić information content (AvgIpc) is 2.72. The van der Waals surface area contributed by atoms with Gasteiger partial charge < -0.3 is 4.43 Å². The number of rotatable bonds is 5. The van der Waals surface area contributed by atoms with Crippen molar-refractivity contribution >= 4 is 14.6 Å². The van der Waals surface area contributed by atoms with Crippen molar-refractivity contribution in [3.05, 3.63) is 12.2 Å². The maximum Gasteiger partial charge on any atom is 0.184 e. The van der Waals surface area contributed by atoms with Gasteiger partial charge in [0.1, 0.15) is 6.29 Å². The van der Waals surface area contributed by atoms with E-state index in [1.165, 1.54) is 32.1 Å². The third-order valence-electron chi connectivity index (χ3n) is 5.77. The Kier molecular flexibility index (Phi) is 5.14. The summed E-state index contributed by atoms with van der Waals surface area (Å²) >= 11 is 0. The van der Waals surface area contributed by atoms with Gasteiger partial charge in [0, 0.05) is 6.10 Å². The summed E-state index contributed by atoms with van der Waals surface area (Å²) in [7, 11) is -1.47. The summed E-state index contributed by atoms with van der Waals surface area (Å²) in [5.74, 6) is 1.91. The SMILES string of the molecule is C[C@H](C=CC=O)[C@H]1CCC2C(O[Si](C)(C)C)CCC[C@@]21C. The molecule has 5 atom stereocenters. The number of allylic oxidation sites excluding steroid dienone is 2. The van der Waals surface area contributed by atoms with Gasteiger partial charge in [-0.2, -0.15) is 0 Å². The summed E-state index contributed by atoms with van der Waals surface area (Å²) < 4.78 is 6.53. The zero-order valence-corrected chi connectivity index (χ0v) is 15.4. The Bertz CT molecular complexity index is 399. The van der Waals surface area contributed by atoms with Crippen LogP contribution in [0.2, 0.25) is 19.6 Å². The first-order chi connectivity index (χ1) is 9.78. The van der Waals surface area contributed by atoms with Crippen molar-refractivity contribution < 1.29 is 9.22 Å². The van der Waals surface area contributed by atoms with Gasteiger partial charge in [-0.15, -0.1) is 0 Å². The number of carbonyl (C=O) groups excluding carboxylic acids is 1. The molecule has 2 aliphatic rings. The molecule has 0 aromatic heterocycles. The van der Waals surface area contributed by atoms with Crippen molar-refractivity contribution in [3.8, 4) is 0 Å². The fourth-order valence-electron chi connectivity index (χ4n) is 4.97. The average molecular weight is 309 g/mol. The van der Waals surface area contributed by atoms with Crippen molar-refractivity contribution in [1.82, 2.24) is 0 Å². The van der Waals surface area contributed by atoms with Crippen LogP contribution in [0.3, 0.4) is 0 Å². The summed E-state index contributed by atoms with van der Waals surface area (Å²) in [6.07, 6.45) is 11.6. The van der Waals surface area contributed by atoms with Crippen LogP contribution < -0.4 is 0 Å². The minimum Gasteiger partial charge on any atom is -0.414 e. The minimum absolute atomic E-state index is 0.398. The highest BCUT2D eigenvalue weighted by atomic mass is 28.4. The predicted molar refractivity (Wildman–Crippen MR) is 90.8 cm³/mol. The van der Waals surface area contributed by atoms with E-state index in [4.69, 9.17) is 4.43 Å². The maximum absolute atomic E-state index is 10.6. The largest absolute Gasteiger partial charge is 0.414 e. The molecule has 2 nitrogen and oxygen atoms in total. The lowest BCUT2D eigenvalue weighted by Crippen LogP contribution is -2.46. The number of fused-ring (bicyclic) bond motifs is 1. The second-order valence-corrected chi connectivity index (χ2v) is 12.8. The van der Waals surface area contributed by atoms with E-state index in [0.29, 0.717) is 23.4 Å². The second-order valence-electron chi connectivity index (χ2n) is 8.34. The molecule has 120 valence electrons. The van der Waals surface area contributed by atoms with Crippen LogP contribution in [0.1, 0.15) is 46.0 Å². The predicted octanol–water partition coefficient (Wildman–Crippen LogP) is 4.81. The van der Waals surface area contributed by atoms with Crippen molar-refractivity contribution in [2.24, 2.45) is 23.2 Å². The standard InChI is InChI=1S/C18H32O2Si/c1-14(8-7-13-19)15-10-11-16-17(20-21(3,4)5)9-6-12-18(15,16)2/h7-8,13-17H,6,9-12H2,1-5H3/t14-,15-,16?,17?,18-/m1/s1. The normalized spacial score (nSPS) is 38.4. The van der Waals surface area contributed by atoms with Crippen LogP contribution in [0.4, 0.5) is 0 Å². The van der Waals surface area contributed by atoms with Crippen LogP contribution in [-0.2, 0) is 9.22 Å². The third-order valence-corrected chi connectivity index (χ3v) is 6.78. The van der Waals surface area contributed by atoms with E-state index in [0.717, 1.165) is 12.2 Å². The number of carbonyl (C=O) groups is 1. The molecular formula is C18H32O2Si. The van der Waals surface area contributed by atoms with Crippen LogP contribution in [0.25, 0.3) is 0 Å². The highest BCUT2D eigenvalue weighted by molar-refractivity contribution is 6.69. The Morgan fingerprint density at radius 2 is 1.95 bits per heavy atom. The van der Waals surface area contributed by atoms with E-state index in [1.807, 2.05) is 0 Å². The summed E-state index contributed by atoms with van der Waals surface area (Å²) in [6, 6.07) is 0. The van der Waals surface area contributed by atoms with Crippen LogP contribution >= 0.6 is 0 Å². The minimum atomic E-state index is -1.47. The molecule has 0 radical (unpaired) electrons. The van der Waals surface area contributed by atoms with Crippen LogP contribution in [0, 0.1) is 23.2 Å². The molecule has 0 N–H and O–H groups in total. The molecule has 3 heteroatoms. The Balaban J connectivity index is 2.14. The first-order valence-corrected chi connectivity index (χ1v) is 12.0. The lowest BCUT2D eigenvalue weighted by Gasteiger charge is -2.47. The van der Waals surface area contributed by atoms with Crippen molar-refractivity contribution in [2.45, 2.75) is 71.7 Å². The zero-order valence-electron chi connectivity index (χ0n) is 14.4.